The maximum atomic E-state index is 6.22. The average Bonchev–Trinajstić information content (AvgIpc) is 3.05. The third-order valence-electron chi connectivity index (χ3n) is 4.42. The number of morpholine rings is 1. The predicted molar refractivity (Wildman–Crippen MR) is 102 cm³/mol. The highest BCUT2D eigenvalue weighted by atomic mass is 35.5. The molecule has 0 unspecified atom stereocenters. The van der Waals surface area contributed by atoms with Gasteiger partial charge in [-0.15, -0.1) is 0 Å². The highest BCUT2D eigenvalue weighted by Crippen LogP contribution is 2.33. The summed E-state index contributed by atoms with van der Waals surface area (Å²) in [5.74, 6) is 1.66. The van der Waals surface area contributed by atoms with Crippen LogP contribution in [0, 0.1) is 0 Å². The quantitative estimate of drug-likeness (QED) is 0.506. The fraction of sp³-hybridized carbons (Fsp3) is 0.579. The zero-order valence-electron chi connectivity index (χ0n) is 15.1. The molecule has 0 radical (unpaired) electrons. The van der Waals surface area contributed by atoms with Crippen molar-refractivity contribution in [2.75, 3.05) is 31.2 Å². The van der Waals surface area contributed by atoms with Gasteiger partial charge in [-0.1, -0.05) is 39.2 Å². The second-order valence-corrected chi connectivity index (χ2v) is 6.70. The largest absolute Gasteiger partial charge is 0.451 e. The molecule has 5 nitrogen and oxygen atoms in total. The van der Waals surface area contributed by atoms with E-state index in [0.29, 0.717) is 13.2 Å². The SMILES string of the molecule is CCCC/C=C(\CCC)c1cc2nc(Cl)nc(N3CCOCC3)c2o1. The molecule has 0 bridgehead atoms. The Labute approximate surface area is 154 Å². The zero-order chi connectivity index (χ0) is 17.6. The lowest BCUT2D eigenvalue weighted by atomic mass is 10.1. The summed E-state index contributed by atoms with van der Waals surface area (Å²) >= 11 is 6.16. The van der Waals surface area contributed by atoms with Crippen molar-refractivity contribution in [3.8, 4) is 0 Å². The minimum absolute atomic E-state index is 0.258. The lowest BCUT2D eigenvalue weighted by Crippen LogP contribution is -2.36. The molecule has 0 spiro atoms. The third kappa shape index (κ3) is 4.33. The molecule has 0 atom stereocenters. The molecule has 1 aliphatic rings. The molecule has 0 aliphatic carbocycles. The number of ether oxygens (including phenoxy) is 1. The summed E-state index contributed by atoms with van der Waals surface area (Å²) in [6, 6.07) is 2.00. The third-order valence-corrected chi connectivity index (χ3v) is 4.59. The number of allylic oxidation sites excluding steroid dienone is 2. The van der Waals surface area contributed by atoms with Crippen LogP contribution in [0.15, 0.2) is 16.6 Å². The first-order valence-corrected chi connectivity index (χ1v) is 9.60. The molecule has 0 N–H and O–H groups in total. The van der Waals surface area contributed by atoms with Gasteiger partial charge in [0.15, 0.2) is 11.4 Å². The molecule has 6 heteroatoms. The number of rotatable bonds is 7. The zero-order valence-corrected chi connectivity index (χ0v) is 15.8. The van der Waals surface area contributed by atoms with E-state index in [4.69, 9.17) is 20.8 Å². The van der Waals surface area contributed by atoms with Crippen LogP contribution in [0.2, 0.25) is 5.28 Å². The van der Waals surface area contributed by atoms with E-state index in [1.165, 1.54) is 18.4 Å². The highest BCUT2D eigenvalue weighted by Gasteiger charge is 2.21. The maximum absolute atomic E-state index is 6.22. The van der Waals surface area contributed by atoms with Gasteiger partial charge in [-0.3, -0.25) is 0 Å². The van der Waals surface area contributed by atoms with Crippen LogP contribution >= 0.6 is 11.6 Å². The van der Waals surface area contributed by atoms with Crippen LogP contribution in [0.3, 0.4) is 0 Å². The maximum Gasteiger partial charge on any atom is 0.225 e. The molecular weight excluding hydrogens is 338 g/mol. The molecule has 1 fully saturated rings. The summed E-state index contributed by atoms with van der Waals surface area (Å²) in [6.07, 6.45) is 7.84. The van der Waals surface area contributed by atoms with Gasteiger partial charge < -0.3 is 14.1 Å². The predicted octanol–water partition coefficient (Wildman–Crippen LogP) is 5.09. The number of unbranched alkanes of at least 4 members (excludes halogenated alkanes) is 2. The Morgan fingerprint density at radius 3 is 2.76 bits per heavy atom. The first-order chi connectivity index (χ1) is 12.2. The van der Waals surface area contributed by atoms with Crippen molar-refractivity contribution in [1.82, 2.24) is 9.97 Å². The van der Waals surface area contributed by atoms with Gasteiger partial charge in [0.2, 0.25) is 5.28 Å². The Balaban J connectivity index is 1.98. The Hall–Kier alpha value is -1.59. The molecule has 1 aliphatic heterocycles. The Kier molecular flexibility index (Phi) is 6.32. The molecule has 0 amide bonds. The van der Waals surface area contributed by atoms with Crippen molar-refractivity contribution < 1.29 is 9.15 Å². The summed E-state index contributed by atoms with van der Waals surface area (Å²) in [6.45, 7) is 7.34. The van der Waals surface area contributed by atoms with E-state index < -0.39 is 0 Å². The van der Waals surface area contributed by atoms with Crippen molar-refractivity contribution in [2.45, 2.75) is 46.0 Å². The van der Waals surface area contributed by atoms with Gasteiger partial charge in [-0.05, 0) is 30.0 Å². The standard InChI is InChI=1S/C19H26ClN3O2/c1-3-5-6-8-14(7-4-2)16-13-15-17(25-16)18(22-19(20)21-15)23-9-11-24-12-10-23/h8,13H,3-7,9-12H2,1-2H3/b14-8+. The normalized spacial score (nSPS) is 16.0. The summed E-state index contributed by atoms with van der Waals surface area (Å²) in [7, 11) is 0. The molecule has 136 valence electrons. The topological polar surface area (TPSA) is 51.4 Å². The number of aromatic nitrogens is 2. The molecule has 0 saturated carbocycles. The number of halogens is 1. The lowest BCUT2D eigenvalue weighted by Gasteiger charge is -2.27. The van der Waals surface area contributed by atoms with Crippen molar-refractivity contribution >= 4 is 34.1 Å². The van der Waals surface area contributed by atoms with Crippen molar-refractivity contribution in [1.29, 1.82) is 0 Å². The number of fused-ring (bicyclic) bond motifs is 1. The van der Waals surface area contributed by atoms with E-state index in [2.05, 4.69) is 34.8 Å². The molecule has 3 heterocycles. The Morgan fingerprint density at radius 1 is 1.24 bits per heavy atom. The lowest BCUT2D eigenvalue weighted by molar-refractivity contribution is 0.122. The van der Waals surface area contributed by atoms with Crippen LogP contribution in [0.4, 0.5) is 5.82 Å². The molecule has 25 heavy (non-hydrogen) atoms. The first kappa shape index (κ1) is 18.2. The smallest absolute Gasteiger partial charge is 0.225 e. The van der Waals surface area contributed by atoms with Crippen LogP contribution in [-0.2, 0) is 4.74 Å². The van der Waals surface area contributed by atoms with Crippen LogP contribution < -0.4 is 4.90 Å². The Morgan fingerprint density at radius 2 is 2.04 bits per heavy atom. The number of hydrogen-bond acceptors (Lipinski definition) is 5. The highest BCUT2D eigenvalue weighted by molar-refractivity contribution is 6.28. The summed E-state index contributed by atoms with van der Waals surface area (Å²) in [4.78, 5) is 11.0. The minimum atomic E-state index is 0.258. The number of furan rings is 1. The first-order valence-electron chi connectivity index (χ1n) is 9.22. The molecular formula is C19H26ClN3O2. The Bertz CT molecular complexity index is 736. The molecule has 1 saturated heterocycles. The fourth-order valence-corrected chi connectivity index (χ4v) is 3.28. The van der Waals surface area contributed by atoms with Crippen LogP contribution in [0.5, 0.6) is 0 Å². The van der Waals surface area contributed by atoms with Crippen LogP contribution in [-0.4, -0.2) is 36.3 Å². The number of hydrogen-bond donors (Lipinski definition) is 0. The van der Waals surface area contributed by atoms with Gasteiger partial charge in [0.1, 0.15) is 11.3 Å². The van der Waals surface area contributed by atoms with Crippen LogP contribution in [0.25, 0.3) is 16.7 Å². The average molecular weight is 364 g/mol. The molecule has 3 rings (SSSR count). The summed E-state index contributed by atoms with van der Waals surface area (Å²) < 4.78 is 11.7. The van der Waals surface area contributed by atoms with Crippen molar-refractivity contribution in [3.05, 3.63) is 23.2 Å². The second-order valence-electron chi connectivity index (χ2n) is 6.36. The number of nitrogens with zero attached hydrogens (tertiary/aromatic N) is 3. The van der Waals surface area contributed by atoms with E-state index in [-0.39, 0.29) is 5.28 Å². The van der Waals surface area contributed by atoms with Gasteiger partial charge in [0, 0.05) is 19.2 Å². The van der Waals surface area contributed by atoms with E-state index in [0.717, 1.165) is 55.0 Å². The molecule has 0 aromatic carbocycles. The van der Waals surface area contributed by atoms with Gasteiger partial charge in [-0.2, -0.15) is 4.98 Å². The van der Waals surface area contributed by atoms with Gasteiger partial charge in [0.05, 0.1) is 13.2 Å². The molecule has 2 aromatic heterocycles. The van der Waals surface area contributed by atoms with Crippen LogP contribution in [0.1, 0.15) is 51.7 Å². The number of anilines is 1. The minimum Gasteiger partial charge on any atom is -0.451 e. The van der Waals surface area contributed by atoms with E-state index in [1.807, 2.05) is 6.07 Å². The van der Waals surface area contributed by atoms with E-state index in [9.17, 15) is 0 Å². The fourth-order valence-electron chi connectivity index (χ4n) is 3.11. The summed E-state index contributed by atoms with van der Waals surface area (Å²) in [5, 5.41) is 0.258. The van der Waals surface area contributed by atoms with Gasteiger partial charge >= 0.3 is 0 Å². The van der Waals surface area contributed by atoms with E-state index >= 15 is 0 Å². The summed E-state index contributed by atoms with van der Waals surface area (Å²) in [5.41, 5.74) is 2.74. The van der Waals surface area contributed by atoms with E-state index in [1.54, 1.807) is 0 Å². The van der Waals surface area contributed by atoms with Gasteiger partial charge in [0.25, 0.3) is 0 Å². The second kappa shape index (κ2) is 8.68. The monoisotopic (exact) mass is 363 g/mol. The van der Waals surface area contributed by atoms with Crippen molar-refractivity contribution in [2.24, 2.45) is 0 Å². The van der Waals surface area contributed by atoms with Gasteiger partial charge in [-0.25, -0.2) is 4.98 Å². The molecule has 2 aromatic rings. The van der Waals surface area contributed by atoms with Crippen molar-refractivity contribution in [3.63, 3.8) is 0 Å².